The Hall–Kier alpha value is -1.46. The minimum Gasteiger partial charge on any atom is -0.486 e. The third-order valence-electron chi connectivity index (χ3n) is 4.06. The number of ether oxygens (including phenoxy) is 2. The summed E-state index contributed by atoms with van der Waals surface area (Å²) in [4.78, 5) is 12.0. The Balaban J connectivity index is 1.51. The van der Waals surface area contributed by atoms with E-state index in [0.29, 0.717) is 42.1 Å². The highest BCUT2D eigenvalue weighted by Crippen LogP contribution is 2.38. The number of halogens is 1. The van der Waals surface area contributed by atoms with Gasteiger partial charge in [0.1, 0.15) is 13.2 Å². The Labute approximate surface area is 135 Å². The SMILES string of the molecule is O=C(Cc1cc(Cl)c2c(c1)OCCO2)NCCC1CCNC1. The first-order valence-electron chi connectivity index (χ1n) is 7.78. The summed E-state index contributed by atoms with van der Waals surface area (Å²) in [5.74, 6) is 1.90. The van der Waals surface area contributed by atoms with Crippen LogP contribution in [-0.2, 0) is 11.2 Å². The molecule has 1 saturated heterocycles. The van der Waals surface area contributed by atoms with E-state index >= 15 is 0 Å². The number of benzene rings is 1. The third-order valence-corrected chi connectivity index (χ3v) is 4.34. The van der Waals surface area contributed by atoms with Crippen LogP contribution in [0, 0.1) is 5.92 Å². The first-order chi connectivity index (χ1) is 10.7. The maximum atomic E-state index is 12.0. The zero-order valence-electron chi connectivity index (χ0n) is 12.5. The second-order valence-electron chi connectivity index (χ2n) is 5.78. The number of carbonyl (C=O) groups is 1. The lowest BCUT2D eigenvalue weighted by Crippen LogP contribution is -2.28. The van der Waals surface area contributed by atoms with Gasteiger partial charge in [0.25, 0.3) is 0 Å². The normalized spacial score (nSPS) is 20.0. The molecule has 0 spiro atoms. The summed E-state index contributed by atoms with van der Waals surface area (Å²) >= 11 is 6.18. The highest BCUT2D eigenvalue weighted by molar-refractivity contribution is 6.32. The molecular weight excluding hydrogens is 304 g/mol. The molecular formula is C16H21ClN2O3. The van der Waals surface area contributed by atoms with E-state index in [1.807, 2.05) is 6.07 Å². The summed E-state index contributed by atoms with van der Waals surface area (Å²) in [5.41, 5.74) is 0.842. The van der Waals surface area contributed by atoms with Crippen LogP contribution in [0.5, 0.6) is 11.5 Å². The number of hydrogen-bond donors (Lipinski definition) is 2. The van der Waals surface area contributed by atoms with Crippen LogP contribution in [0.2, 0.25) is 5.02 Å². The number of rotatable bonds is 5. The zero-order chi connectivity index (χ0) is 15.4. The maximum Gasteiger partial charge on any atom is 0.224 e. The average molecular weight is 325 g/mol. The van der Waals surface area contributed by atoms with Crippen molar-refractivity contribution in [2.75, 3.05) is 32.8 Å². The van der Waals surface area contributed by atoms with Crippen LogP contribution in [-0.4, -0.2) is 38.8 Å². The van der Waals surface area contributed by atoms with Gasteiger partial charge in [-0.05, 0) is 49.5 Å². The van der Waals surface area contributed by atoms with Crippen LogP contribution >= 0.6 is 11.6 Å². The molecule has 0 aromatic heterocycles. The second-order valence-corrected chi connectivity index (χ2v) is 6.18. The molecule has 0 saturated carbocycles. The Morgan fingerprint density at radius 1 is 1.36 bits per heavy atom. The van der Waals surface area contributed by atoms with Gasteiger partial charge in [0.2, 0.25) is 5.91 Å². The summed E-state index contributed by atoms with van der Waals surface area (Å²) in [5, 5.41) is 6.81. The summed E-state index contributed by atoms with van der Waals surface area (Å²) in [7, 11) is 0. The molecule has 2 heterocycles. The molecule has 0 radical (unpaired) electrons. The van der Waals surface area contributed by atoms with Crippen LogP contribution in [0.25, 0.3) is 0 Å². The second kappa shape index (κ2) is 7.20. The summed E-state index contributed by atoms with van der Waals surface area (Å²) in [6.07, 6.45) is 2.54. The van der Waals surface area contributed by atoms with Crippen molar-refractivity contribution in [2.45, 2.75) is 19.3 Å². The van der Waals surface area contributed by atoms with Gasteiger partial charge in [-0.3, -0.25) is 4.79 Å². The van der Waals surface area contributed by atoms with Gasteiger partial charge in [-0.25, -0.2) is 0 Å². The fourth-order valence-electron chi connectivity index (χ4n) is 2.89. The van der Waals surface area contributed by atoms with Gasteiger partial charge < -0.3 is 20.1 Å². The van der Waals surface area contributed by atoms with Crippen molar-refractivity contribution < 1.29 is 14.3 Å². The Morgan fingerprint density at radius 2 is 2.23 bits per heavy atom. The molecule has 2 aliphatic heterocycles. The first-order valence-corrected chi connectivity index (χ1v) is 8.15. The predicted molar refractivity (Wildman–Crippen MR) is 84.7 cm³/mol. The van der Waals surface area contributed by atoms with Gasteiger partial charge in [0.15, 0.2) is 11.5 Å². The lowest BCUT2D eigenvalue weighted by Gasteiger charge is -2.20. The van der Waals surface area contributed by atoms with Crippen molar-refractivity contribution in [3.63, 3.8) is 0 Å². The number of carbonyl (C=O) groups excluding carboxylic acids is 1. The topological polar surface area (TPSA) is 59.6 Å². The van der Waals surface area contributed by atoms with E-state index in [2.05, 4.69) is 10.6 Å². The van der Waals surface area contributed by atoms with Gasteiger partial charge in [-0.1, -0.05) is 11.6 Å². The van der Waals surface area contributed by atoms with E-state index in [9.17, 15) is 4.79 Å². The van der Waals surface area contributed by atoms with Gasteiger partial charge in [-0.15, -0.1) is 0 Å². The van der Waals surface area contributed by atoms with Crippen molar-refractivity contribution in [1.82, 2.24) is 10.6 Å². The molecule has 1 fully saturated rings. The maximum absolute atomic E-state index is 12.0. The molecule has 1 aromatic carbocycles. The fourth-order valence-corrected chi connectivity index (χ4v) is 3.18. The molecule has 2 N–H and O–H groups in total. The van der Waals surface area contributed by atoms with Crippen LogP contribution < -0.4 is 20.1 Å². The number of fused-ring (bicyclic) bond motifs is 1. The van der Waals surface area contributed by atoms with E-state index in [1.165, 1.54) is 6.42 Å². The van der Waals surface area contributed by atoms with Crippen molar-refractivity contribution >= 4 is 17.5 Å². The summed E-state index contributed by atoms with van der Waals surface area (Å²) in [6, 6.07) is 3.61. The first kappa shape index (κ1) is 15.4. The molecule has 1 unspecified atom stereocenters. The van der Waals surface area contributed by atoms with E-state index in [-0.39, 0.29) is 5.91 Å². The average Bonchev–Trinajstić information content (AvgIpc) is 3.00. The number of hydrogen-bond acceptors (Lipinski definition) is 4. The molecule has 2 aliphatic rings. The molecule has 0 bridgehead atoms. The monoisotopic (exact) mass is 324 g/mol. The van der Waals surface area contributed by atoms with Crippen LogP contribution in [0.4, 0.5) is 0 Å². The number of amides is 1. The molecule has 120 valence electrons. The fraction of sp³-hybridized carbons (Fsp3) is 0.562. The van der Waals surface area contributed by atoms with Gasteiger partial charge in [0.05, 0.1) is 11.4 Å². The molecule has 1 atom stereocenters. The highest BCUT2D eigenvalue weighted by Gasteiger charge is 2.18. The van der Waals surface area contributed by atoms with Gasteiger partial charge >= 0.3 is 0 Å². The standard InChI is InChI=1S/C16H21ClN2O3/c17-13-7-12(8-14-16(13)22-6-5-21-14)9-15(20)19-4-2-11-1-3-18-10-11/h7-8,11,18H,1-6,9-10H2,(H,19,20). The van der Waals surface area contributed by atoms with Crippen LogP contribution in [0.3, 0.4) is 0 Å². The smallest absolute Gasteiger partial charge is 0.224 e. The number of nitrogens with one attached hydrogen (secondary N) is 2. The Kier molecular flexibility index (Phi) is 5.05. The Bertz CT molecular complexity index is 544. The van der Waals surface area contributed by atoms with E-state index in [4.69, 9.17) is 21.1 Å². The predicted octanol–water partition coefficient (Wildman–Crippen LogP) is 1.77. The molecule has 22 heavy (non-hydrogen) atoms. The van der Waals surface area contributed by atoms with Gasteiger partial charge in [-0.2, -0.15) is 0 Å². The molecule has 3 rings (SSSR count). The molecule has 6 heteroatoms. The van der Waals surface area contributed by atoms with E-state index < -0.39 is 0 Å². The molecule has 1 amide bonds. The van der Waals surface area contributed by atoms with E-state index in [1.54, 1.807) is 6.07 Å². The zero-order valence-corrected chi connectivity index (χ0v) is 13.2. The van der Waals surface area contributed by atoms with Crippen molar-refractivity contribution in [1.29, 1.82) is 0 Å². The lowest BCUT2D eigenvalue weighted by molar-refractivity contribution is -0.120. The summed E-state index contributed by atoms with van der Waals surface area (Å²) in [6.45, 7) is 3.89. The van der Waals surface area contributed by atoms with E-state index in [0.717, 1.165) is 31.6 Å². The minimum atomic E-state index is 0.0127. The van der Waals surface area contributed by atoms with Crippen LogP contribution in [0.15, 0.2) is 12.1 Å². The molecule has 1 aromatic rings. The highest BCUT2D eigenvalue weighted by atomic mass is 35.5. The largest absolute Gasteiger partial charge is 0.486 e. The Morgan fingerprint density at radius 3 is 3.05 bits per heavy atom. The minimum absolute atomic E-state index is 0.0127. The van der Waals surface area contributed by atoms with Crippen LogP contribution in [0.1, 0.15) is 18.4 Å². The summed E-state index contributed by atoms with van der Waals surface area (Å²) < 4.78 is 11.0. The third kappa shape index (κ3) is 3.84. The van der Waals surface area contributed by atoms with Gasteiger partial charge in [0, 0.05) is 6.54 Å². The van der Waals surface area contributed by atoms with Crippen molar-refractivity contribution in [2.24, 2.45) is 5.92 Å². The lowest BCUT2D eigenvalue weighted by atomic mass is 10.1. The van der Waals surface area contributed by atoms with Crippen molar-refractivity contribution in [3.8, 4) is 11.5 Å². The molecule has 5 nitrogen and oxygen atoms in total. The molecule has 0 aliphatic carbocycles. The van der Waals surface area contributed by atoms with Crippen molar-refractivity contribution in [3.05, 3.63) is 22.7 Å². The quantitative estimate of drug-likeness (QED) is 0.866.